The molecule has 3 aliphatic heterocycles. The molecule has 0 radical (unpaired) electrons. The number of carbonyl (C=O) groups excluding carboxylic acids is 1. The third kappa shape index (κ3) is 4.91. The zero-order chi connectivity index (χ0) is 24.6. The standard InChI is InChI=1S/C26H30F3N3O3/c1-34-20-7-5-19(6-8-20)31-10-11-32-23-9-4-18(26(27,28)29)13-17(23)14-22(24(32)16-31)25(33)30-15-21-3-2-12-35-21/h4-9,13,21-22,24H,2-3,10-12,14-16H2,1H3,(H,30,33)/t21-,22+,24+/m1/s1. The second-order valence-electron chi connectivity index (χ2n) is 9.44. The Bertz CT molecular complexity index is 1050. The molecular formula is C26H30F3N3O3. The topological polar surface area (TPSA) is 54.0 Å². The Morgan fingerprint density at radius 1 is 1.17 bits per heavy atom. The Hall–Kier alpha value is -2.94. The molecular weight excluding hydrogens is 459 g/mol. The second-order valence-corrected chi connectivity index (χ2v) is 9.44. The maximum atomic E-state index is 13.4. The van der Waals surface area contributed by atoms with Crippen LogP contribution in [0.2, 0.25) is 0 Å². The van der Waals surface area contributed by atoms with Gasteiger partial charge in [-0.1, -0.05) is 0 Å². The van der Waals surface area contributed by atoms with Crippen molar-refractivity contribution >= 4 is 17.3 Å². The number of piperazine rings is 1. The highest BCUT2D eigenvalue weighted by Gasteiger charge is 2.43. The number of ether oxygens (including phenoxy) is 2. The normalized spacial score (nSPS) is 24.1. The quantitative estimate of drug-likeness (QED) is 0.691. The van der Waals surface area contributed by atoms with Crippen LogP contribution in [0.15, 0.2) is 42.5 Å². The van der Waals surface area contributed by atoms with Crippen molar-refractivity contribution in [2.75, 3.05) is 49.7 Å². The molecule has 2 fully saturated rings. The van der Waals surface area contributed by atoms with E-state index in [-0.39, 0.29) is 24.5 Å². The SMILES string of the molecule is COc1ccc(N2CCN3c4ccc(C(F)(F)F)cc4C[C@H](C(=O)NC[C@H]4CCCO4)[C@@H]3C2)cc1. The van der Waals surface area contributed by atoms with Gasteiger partial charge < -0.3 is 24.6 Å². The zero-order valence-electron chi connectivity index (χ0n) is 19.7. The first kappa shape index (κ1) is 23.8. The van der Waals surface area contributed by atoms with Crippen LogP contribution in [0.1, 0.15) is 24.0 Å². The summed E-state index contributed by atoms with van der Waals surface area (Å²) in [5.41, 5.74) is 1.72. The van der Waals surface area contributed by atoms with Gasteiger partial charge in [0.1, 0.15) is 5.75 Å². The van der Waals surface area contributed by atoms with Crippen LogP contribution in [-0.2, 0) is 22.1 Å². The highest BCUT2D eigenvalue weighted by molar-refractivity contribution is 5.82. The number of amides is 1. The fourth-order valence-electron chi connectivity index (χ4n) is 5.48. The lowest BCUT2D eigenvalue weighted by molar-refractivity contribution is -0.137. The Kier molecular flexibility index (Phi) is 6.53. The Balaban J connectivity index is 1.41. The van der Waals surface area contributed by atoms with Gasteiger partial charge in [0, 0.05) is 44.2 Å². The van der Waals surface area contributed by atoms with Crippen LogP contribution in [0.25, 0.3) is 0 Å². The summed E-state index contributed by atoms with van der Waals surface area (Å²) in [6, 6.07) is 11.6. The van der Waals surface area contributed by atoms with Gasteiger partial charge >= 0.3 is 6.18 Å². The summed E-state index contributed by atoms with van der Waals surface area (Å²) in [7, 11) is 1.62. The van der Waals surface area contributed by atoms with E-state index in [0.717, 1.165) is 36.0 Å². The lowest BCUT2D eigenvalue weighted by atomic mass is 9.82. The predicted molar refractivity (Wildman–Crippen MR) is 127 cm³/mol. The number of carbonyl (C=O) groups is 1. The van der Waals surface area contributed by atoms with E-state index in [4.69, 9.17) is 9.47 Å². The van der Waals surface area contributed by atoms with E-state index in [2.05, 4.69) is 15.1 Å². The molecule has 3 atom stereocenters. The number of nitrogens with zero attached hydrogens (tertiary/aromatic N) is 2. The summed E-state index contributed by atoms with van der Waals surface area (Å²) >= 11 is 0. The van der Waals surface area contributed by atoms with E-state index in [1.165, 1.54) is 6.07 Å². The molecule has 6 nitrogen and oxygen atoms in total. The van der Waals surface area contributed by atoms with Gasteiger partial charge in [-0.2, -0.15) is 13.2 Å². The van der Waals surface area contributed by atoms with Crippen LogP contribution in [0.5, 0.6) is 5.75 Å². The lowest BCUT2D eigenvalue weighted by Crippen LogP contribution is -2.61. The molecule has 0 aromatic heterocycles. The van der Waals surface area contributed by atoms with E-state index in [9.17, 15) is 18.0 Å². The van der Waals surface area contributed by atoms with E-state index in [0.29, 0.717) is 38.3 Å². The molecule has 0 saturated carbocycles. The van der Waals surface area contributed by atoms with Gasteiger partial charge in [-0.05, 0) is 67.3 Å². The zero-order valence-corrected chi connectivity index (χ0v) is 19.7. The average molecular weight is 490 g/mol. The van der Waals surface area contributed by atoms with Crippen molar-refractivity contribution in [3.8, 4) is 5.75 Å². The van der Waals surface area contributed by atoms with Gasteiger partial charge in [0.05, 0.1) is 30.7 Å². The number of fused-ring (bicyclic) bond motifs is 3. The lowest BCUT2D eigenvalue weighted by Gasteiger charge is -2.49. The molecule has 3 aliphatic rings. The van der Waals surface area contributed by atoms with Crippen LogP contribution < -0.4 is 19.9 Å². The average Bonchev–Trinajstić information content (AvgIpc) is 3.39. The molecule has 1 amide bonds. The first-order chi connectivity index (χ1) is 16.8. The summed E-state index contributed by atoms with van der Waals surface area (Å²) in [6.07, 6.45) is -2.26. The summed E-state index contributed by atoms with van der Waals surface area (Å²) in [6.45, 7) is 3.05. The van der Waals surface area contributed by atoms with Crippen molar-refractivity contribution in [2.24, 2.45) is 5.92 Å². The number of rotatable bonds is 5. The Morgan fingerprint density at radius 2 is 1.97 bits per heavy atom. The molecule has 5 rings (SSSR count). The first-order valence-corrected chi connectivity index (χ1v) is 12.1. The molecule has 1 N–H and O–H groups in total. The monoisotopic (exact) mass is 489 g/mol. The number of hydrogen-bond acceptors (Lipinski definition) is 5. The molecule has 2 aromatic carbocycles. The van der Waals surface area contributed by atoms with E-state index < -0.39 is 17.7 Å². The Labute approximate surface area is 203 Å². The van der Waals surface area contributed by atoms with E-state index in [1.807, 2.05) is 24.3 Å². The smallest absolute Gasteiger partial charge is 0.416 e. The van der Waals surface area contributed by atoms with E-state index >= 15 is 0 Å². The van der Waals surface area contributed by atoms with Crippen molar-refractivity contribution < 1.29 is 27.4 Å². The molecule has 2 saturated heterocycles. The number of benzene rings is 2. The summed E-state index contributed by atoms with van der Waals surface area (Å²) in [5, 5.41) is 3.02. The minimum atomic E-state index is -4.42. The number of methoxy groups -OCH3 is 1. The second kappa shape index (κ2) is 9.60. The minimum Gasteiger partial charge on any atom is -0.497 e. The third-order valence-electron chi connectivity index (χ3n) is 7.34. The number of alkyl halides is 3. The summed E-state index contributed by atoms with van der Waals surface area (Å²) < 4.78 is 51.1. The summed E-state index contributed by atoms with van der Waals surface area (Å²) in [4.78, 5) is 17.7. The van der Waals surface area contributed by atoms with Crippen molar-refractivity contribution in [2.45, 2.75) is 37.6 Å². The van der Waals surface area contributed by atoms with Crippen LogP contribution in [0.3, 0.4) is 0 Å². The van der Waals surface area contributed by atoms with Crippen molar-refractivity contribution in [1.29, 1.82) is 0 Å². The maximum Gasteiger partial charge on any atom is 0.416 e. The van der Waals surface area contributed by atoms with Crippen LogP contribution >= 0.6 is 0 Å². The van der Waals surface area contributed by atoms with Crippen molar-refractivity contribution in [1.82, 2.24) is 5.32 Å². The predicted octanol–water partition coefficient (Wildman–Crippen LogP) is 3.88. The van der Waals surface area contributed by atoms with Gasteiger partial charge in [0.2, 0.25) is 5.91 Å². The highest BCUT2D eigenvalue weighted by atomic mass is 19.4. The van der Waals surface area contributed by atoms with Gasteiger partial charge in [-0.3, -0.25) is 4.79 Å². The van der Waals surface area contributed by atoms with Crippen LogP contribution in [-0.4, -0.2) is 57.9 Å². The van der Waals surface area contributed by atoms with Gasteiger partial charge in [0.25, 0.3) is 0 Å². The van der Waals surface area contributed by atoms with Gasteiger partial charge in [0.15, 0.2) is 0 Å². The molecule has 9 heteroatoms. The fourth-order valence-corrected chi connectivity index (χ4v) is 5.48. The molecule has 2 aromatic rings. The Morgan fingerprint density at radius 3 is 2.66 bits per heavy atom. The molecule has 0 spiro atoms. The highest BCUT2D eigenvalue weighted by Crippen LogP contribution is 2.40. The molecule has 3 heterocycles. The van der Waals surface area contributed by atoms with Crippen molar-refractivity contribution in [3.05, 3.63) is 53.6 Å². The largest absolute Gasteiger partial charge is 0.497 e. The fraction of sp³-hybridized carbons (Fsp3) is 0.500. The minimum absolute atomic E-state index is 0.00455. The first-order valence-electron chi connectivity index (χ1n) is 12.1. The molecule has 0 unspecified atom stereocenters. The molecule has 0 bridgehead atoms. The number of anilines is 2. The summed E-state index contributed by atoms with van der Waals surface area (Å²) in [5.74, 6) is 0.175. The molecule has 188 valence electrons. The number of nitrogens with one attached hydrogen (secondary N) is 1. The number of hydrogen-bond donors (Lipinski definition) is 1. The maximum absolute atomic E-state index is 13.4. The van der Waals surface area contributed by atoms with Gasteiger partial charge in [-0.15, -0.1) is 0 Å². The third-order valence-corrected chi connectivity index (χ3v) is 7.34. The van der Waals surface area contributed by atoms with Gasteiger partial charge in [-0.25, -0.2) is 0 Å². The number of halogens is 3. The molecule has 35 heavy (non-hydrogen) atoms. The molecule has 0 aliphatic carbocycles. The van der Waals surface area contributed by atoms with Crippen LogP contribution in [0, 0.1) is 5.92 Å². The van der Waals surface area contributed by atoms with E-state index in [1.54, 1.807) is 13.2 Å². The van der Waals surface area contributed by atoms with Crippen LogP contribution in [0.4, 0.5) is 24.5 Å². The van der Waals surface area contributed by atoms with Crippen molar-refractivity contribution in [3.63, 3.8) is 0 Å².